The molecule has 1 atom stereocenters. The second kappa shape index (κ2) is 7.73. The van der Waals surface area contributed by atoms with Crippen molar-refractivity contribution in [3.8, 4) is 0 Å². The zero-order valence-electron chi connectivity index (χ0n) is 12.2. The van der Waals surface area contributed by atoms with E-state index in [9.17, 15) is 4.39 Å². The van der Waals surface area contributed by atoms with Gasteiger partial charge in [-0.2, -0.15) is 0 Å². The lowest BCUT2D eigenvalue weighted by molar-refractivity contribution is 0.162. The molecule has 0 bridgehead atoms. The zero-order chi connectivity index (χ0) is 15.2. The van der Waals surface area contributed by atoms with Crippen molar-refractivity contribution in [2.75, 3.05) is 13.7 Å². The van der Waals surface area contributed by atoms with Crippen molar-refractivity contribution in [1.29, 1.82) is 0 Å². The first-order valence-corrected chi connectivity index (χ1v) is 7.71. The summed E-state index contributed by atoms with van der Waals surface area (Å²) in [6.45, 7) is 3.24. The number of methoxy groups -OCH3 is 1. The molecule has 0 aliphatic heterocycles. The van der Waals surface area contributed by atoms with Gasteiger partial charge in [-0.15, -0.1) is 0 Å². The molecule has 1 unspecified atom stereocenters. The molecule has 0 saturated carbocycles. The van der Waals surface area contributed by atoms with E-state index in [1.165, 1.54) is 6.07 Å². The van der Waals surface area contributed by atoms with Gasteiger partial charge in [-0.05, 0) is 37.2 Å². The summed E-state index contributed by atoms with van der Waals surface area (Å²) >= 11 is 3.43. The highest BCUT2D eigenvalue weighted by molar-refractivity contribution is 9.10. The maximum absolute atomic E-state index is 14.2. The summed E-state index contributed by atoms with van der Waals surface area (Å²) in [6.07, 6.45) is 0.953. The van der Waals surface area contributed by atoms with Crippen molar-refractivity contribution in [3.05, 3.63) is 57.7 Å². The van der Waals surface area contributed by atoms with Crippen molar-refractivity contribution in [1.82, 2.24) is 5.32 Å². The molecule has 0 saturated heterocycles. The Hall–Kier alpha value is -1.17. The third kappa shape index (κ3) is 3.93. The van der Waals surface area contributed by atoms with Crippen molar-refractivity contribution >= 4 is 15.9 Å². The topological polar surface area (TPSA) is 34.4 Å². The van der Waals surface area contributed by atoms with Gasteiger partial charge in [-0.25, -0.2) is 4.39 Å². The van der Waals surface area contributed by atoms with E-state index in [4.69, 9.17) is 9.15 Å². The van der Waals surface area contributed by atoms with Crippen molar-refractivity contribution < 1.29 is 13.5 Å². The molecular weight excluding hydrogens is 337 g/mol. The summed E-state index contributed by atoms with van der Waals surface area (Å²) in [7, 11) is 1.61. The van der Waals surface area contributed by atoms with Crippen molar-refractivity contribution in [2.24, 2.45) is 0 Å². The van der Waals surface area contributed by atoms with Crippen LogP contribution >= 0.6 is 15.9 Å². The van der Waals surface area contributed by atoms with E-state index in [1.54, 1.807) is 13.2 Å². The van der Waals surface area contributed by atoms with Gasteiger partial charge in [0.1, 0.15) is 23.9 Å². The molecule has 0 aliphatic carbocycles. The first-order valence-electron chi connectivity index (χ1n) is 6.92. The van der Waals surface area contributed by atoms with Crippen LogP contribution in [0.1, 0.15) is 36.5 Å². The lowest BCUT2D eigenvalue weighted by atomic mass is 10.0. The van der Waals surface area contributed by atoms with Gasteiger partial charge in [-0.1, -0.05) is 28.9 Å². The molecule has 2 rings (SSSR count). The minimum absolute atomic E-state index is 0.261. The van der Waals surface area contributed by atoms with Gasteiger partial charge >= 0.3 is 0 Å². The van der Waals surface area contributed by atoms with E-state index in [0.29, 0.717) is 17.9 Å². The number of hydrogen-bond acceptors (Lipinski definition) is 3. The van der Waals surface area contributed by atoms with E-state index in [0.717, 1.165) is 23.2 Å². The Labute approximate surface area is 132 Å². The fourth-order valence-electron chi connectivity index (χ4n) is 2.19. The number of ether oxygens (including phenoxy) is 1. The van der Waals surface area contributed by atoms with Crippen LogP contribution in [0.3, 0.4) is 0 Å². The lowest BCUT2D eigenvalue weighted by Gasteiger charge is -2.19. The second-order valence-corrected chi connectivity index (χ2v) is 5.61. The van der Waals surface area contributed by atoms with Crippen LogP contribution < -0.4 is 5.32 Å². The largest absolute Gasteiger partial charge is 0.462 e. The maximum Gasteiger partial charge on any atom is 0.129 e. The fourth-order valence-corrected chi connectivity index (χ4v) is 2.76. The molecule has 21 heavy (non-hydrogen) atoms. The molecule has 3 nitrogen and oxygen atoms in total. The third-order valence-corrected chi connectivity index (χ3v) is 3.83. The molecule has 1 heterocycles. The molecule has 5 heteroatoms. The van der Waals surface area contributed by atoms with E-state index in [1.807, 2.05) is 18.2 Å². The quantitative estimate of drug-likeness (QED) is 0.798. The molecule has 0 fully saturated rings. The smallest absolute Gasteiger partial charge is 0.129 e. The molecule has 1 aromatic carbocycles. The van der Waals surface area contributed by atoms with Crippen LogP contribution in [0.4, 0.5) is 4.39 Å². The minimum Gasteiger partial charge on any atom is -0.462 e. The molecular formula is C16H19BrFNO2. The van der Waals surface area contributed by atoms with Gasteiger partial charge in [-0.3, -0.25) is 0 Å². The maximum atomic E-state index is 14.2. The SMILES string of the molecule is CCCNC(c1ccc(COC)o1)c1c(F)cccc1Br. The summed E-state index contributed by atoms with van der Waals surface area (Å²) in [5, 5.41) is 3.33. The van der Waals surface area contributed by atoms with Gasteiger partial charge in [0.15, 0.2) is 0 Å². The van der Waals surface area contributed by atoms with Gasteiger partial charge in [0, 0.05) is 17.1 Å². The molecule has 1 N–H and O–H groups in total. The zero-order valence-corrected chi connectivity index (χ0v) is 13.7. The Morgan fingerprint density at radius 3 is 2.81 bits per heavy atom. The molecule has 2 aromatic rings. The van der Waals surface area contributed by atoms with Crippen LogP contribution in [-0.2, 0) is 11.3 Å². The summed E-state index contributed by atoms with van der Waals surface area (Å²) in [4.78, 5) is 0. The Balaban J connectivity index is 2.37. The van der Waals surface area contributed by atoms with Crippen molar-refractivity contribution in [3.63, 3.8) is 0 Å². The van der Waals surface area contributed by atoms with Crippen molar-refractivity contribution in [2.45, 2.75) is 26.0 Å². The van der Waals surface area contributed by atoms with Crippen LogP contribution in [0.25, 0.3) is 0 Å². The molecule has 0 radical (unpaired) electrons. The molecule has 0 aliphatic rings. The third-order valence-electron chi connectivity index (χ3n) is 3.14. The van der Waals surface area contributed by atoms with E-state index < -0.39 is 0 Å². The van der Waals surface area contributed by atoms with Crippen LogP contribution in [0, 0.1) is 5.82 Å². The Morgan fingerprint density at radius 1 is 1.33 bits per heavy atom. The second-order valence-electron chi connectivity index (χ2n) is 4.76. The summed E-state index contributed by atoms with van der Waals surface area (Å²) in [6, 6.07) is 8.36. The average Bonchev–Trinajstić information content (AvgIpc) is 2.91. The summed E-state index contributed by atoms with van der Waals surface area (Å²) in [5.74, 6) is 1.15. The predicted octanol–water partition coefficient (Wildman–Crippen LogP) is 4.42. The standard InChI is InChI=1S/C16H19BrFNO2/c1-3-9-19-16(14-8-7-11(21-14)10-20-2)15-12(17)5-4-6-13(15)18/h4-8,16,19H,3,9-10H2,1-2H3. The van der Waals surface area contributed by atoms with Crippen LogP contribution in [0.15, 0.2) is 39.2 Å². The van der Waals surface area contributed by atoms with Crippen LogP contribution in [0.5, 0.6) is 0 Å². The number of rotatable bonds is 7. The number of halogens is 2. The highest BCUT2D eigenvalue weighted by atomic mass is 79.9. The van der Waals surface area contributed by atoms with Gasteiger partial charge in [0.25, 0.3) is 0 Å². The van der Waals surface area contributed by atoms with Gasteiger partial charge < -0.3 is 14.5 Å². The Morgan fingerprint density at radius 2 is 2.14 bits per heavy atom. The molecule has 0 amide bonds. The van der Waals surface area contributed by atoms with E-state index >= 15 is 0 Å². The number of nitrogens with one attached hydrogen (secondary N) is 1. The number of hydrogen-bond donors (Lipinski definition) is 1. The Kier molecular flexibility index (Phi) is 5.96. The first kappa shape index (κ1) is 16.2. The molecule has 114 valence electrons. The fraction of sp³-hybridized carbons (Fsp3) is 0.375. The highest BCUT2D eigenvalue weighted by Gasteiger charge is 2.23. The predicted molar refractivity (Wildman–Crippen MR) is 83.7 cm³/mol. The minimum atomic E-state index is -0.328. The average molecular weight is 356 g/mol. The monoisotopic (exact) mass is 355 g/mol. The van der Waals surface area contributed by atoms with Crippen LogP contribution in [0.2, 0.25) is 0 Å². The van der Waals surface area contributed by atoms with E-state index in [-0.39, 0.29) is 11.9 Å². The van der Waals surface area contributed by atoms with Gasteiger partial charge in [0.05, 0.1) is 6.04 Å². The summed E-state index contributed by atoms with van der Waals surface area (Å²) < 4.78 is 25.8. The number of furan rings is 1. The first-order chi connectivity index (χ1) is 10.2. The normalized spacial score (nSPS) is 12.6. The molecule has 1 aromatic heterocycles. The molecule has 0 spiro atoms. The van der Waals surface area contributed by atoms with Crippen LogP contribution in [-0.4, -0.2) is 13.7 Å². The number of benzene rings is 1. The highest BCUT2D eigenvalue weighted by Crippen LogP contribution is 2.32. The lowest BCUT2D eigenvalue weighted by Crippen LogP contribution is -2.24. The summed E-state index contributed by atoms with van der Waals surface area (Å²) in [5.41, 5.74) is 0.560. The van der Waals surface area contributed by atoms with Gasteiger partial charge in [0.2, 0.25) is 0 Å². The van der Waals surface area contributed by atoms with E-state index in [2.05, 4.69) is 28.2 Å². The Bertz CT molecular complexity index is 565.